The summed E-state index contributed by atoms with van der Waals surface area (Å²) in [4.78, 5) is 11.3. The van der Waals surface area contributed by atoms with Gasteiger partial charge in [-0.15, -0.1) is 0 Å². The van der Waals surface area contributed by atoms with E-state index in [1.165, 1.54) is 4.68 Å². The number of halogens is 1. The maximum Gasteiger partial charge on any atom is 0.340 e. The van der Waals surface area contributed by atoms with Crippen LogP contribution in [0.2, 0.25) is 5.02 Å². The predicted octanol–water partition coefficient (Wildman–Crippen LogP) is 2.96. The van der Waals surface area contributed by atoms with Crippen LogP contribution in [0.4, 0.5) is 4.79 Å². The van der Waals surface area contributed by atoms with E-state index < -0.39 is 6.03 Å². The normalized spacial score (nSPS) is 10.9. The van der Waals surface area contributed by atoms with Crippen molar-refractivity contribution in [1.82, 2.24) is 9.78 Å². The molecule has 0 saturated heterocycles. The van der Waals surface area contributed by atoms with Gasteiger partial charge in [-0.1, -0.05) is 24.9 Å². The van der Waals surface area contributed by atoms with Gasteiger partial charge in [-0.2, -0.15) is 9.78 Å². The number of amides is 1. The number of rotatable bonds is 3. The Balaban J connectivity index is 2.58. The molecule has 0 aliphatic heterocycles. The number of primary amides is 1. The van der Waals surface area contributed by atoms with E-state index in [2.05, 4.69) is 12.0 Å². The fourth-order valence-electron chi connectivity index (χ4n) is 1.85. The van der Waals surface area contributed by atoms with Crippen LogP contribution < -0.4 is 5.73 Å². The first kappa shape index (κ1) is 11.9. The van der Waals surface area contributed by atoms with E-state index in [4.69, 9.17) is 17.3 Å². The summed E-state index contributed by atoms with van der Waals surface area (Å²) in [5.41, 5.74) is 6.88. The van der Waals surface area contributed by atoms with E-state index in [0.717, 1.165) is 30.3 Å². The van der Waals surface area contributed by atoms with Crippen LogP contribution in [-0.4, -0.2) is 15.8 Å². The van der Waals surface area contributed by atoms with Gasteiger partial charge in [-0.25, -0.2) is 4.79 Å². The number of unbranched alkanes of at least 4 members (excludes halogenated alkanes) is 1. The first-order valence-corrected chi connectivity index (χ1v) is 5.98. The molecule has 2 N–H and O–H groups in total. The van der Waals surface area contributed by atoms with Crippen molar-refractivity contribution in [3.63, 3.8) is 0 Å². The van der Waals surface area contributed by atoms with Crippen molar-refractivity contribution >= 4 is 28.5 Å². The molecule has 1 heterocycles. The largest absolute Gasteiger partial charge is 0.350 e. The highest BCUT2D eigenvalue weighted by molar-refractivity contribution is 6.31. The summed E-state index contributed by atoms with van der Waals surface area (Å²) >= 11 is 5.96. The van der Waals surface area contributed by atoms with Gasteiger partial charge in [0.2, 0.25) is 0 Å². The molecule has 0 bridgehead atoms. The average Bonchev–Trinajstić information content (AvgIpc) is 2.64. The second-order valence-corrected chi connectivity index (χ2v) is 4.40. The zero-order valence-electron chi connectivity index (χ0n) is 9.61. The van der Waals surface area contributed by atoms with Gasteiger partial charge >= 0.3 is 6.03 Å². The van der Waals surface area contributed by atoms with Gasteiger partial charge < -0.3 is 5.73 Å². The van der Waals surface area contributed by atoms with Crippen molar-refractivity contribution in [3.8, 4) is 0 Å². The zero-order chi connectivity index (χ0) is 12.4. The topological polar surface area (TPSA) is 60.9 Å². The Labute approximate surface area is 104 Å². The number of aromatic nitrogens is 2. The van der Waals surface area contributed by atoms with E-state index in [0.29, 0.717) is 10.5 Å². The highest BCUT2D eigenvalue weighted by Crippen LogP contribution is 2.23. The number of fused-ring (bicyclic) bond motifs is 1. The van der Waals surface area contributed by atoms with Gasteiger partial charge in [-0.05, 0) is 31.0 Å². The Bertz CT molecular complexity index is 562. The number of carbonyl (C=O) groups is 1. The molecule has 5 heteroatoms. The molecule has 1 aromatic carbocycles. The van der Waals surface area contributed by atoms with E-state index in [1.807, 2.05) is 6.07 Å². The number of hydrogen-bond donors (Lipinski definition) is 1. The summed E-state index contributed by atoms with van der Waals surface area (Å²) in [5.74, 6) is 0. The van der Waals surface area contributed by atoms with Crippen molar-refractivity contribution in [3.05, 3.63) is 28.9 Å². The fourth-order valence-corrected chi connectivity index (χ4v) is 2.02. The molecule has 0 saturated carbocycles. The summed E-state index contributed by atoms with van der Waals surface area (Å²) in [6.07, 6.45) is 2.93. The highest BCUT2D eigenvalue weighted by Gasteiger charge is 2.13. The molecular formula is C12H14ClN3O. The number of aryl methyl sites for hydroxylation is 1. The number of nitrogens with two attached hydrogens (primary N) is 1. The molecule has 0 aliphatic carbocycles. The standard InChI is InChI=1S/C12H14ClN3O/c1-2-3-4-10-9-7-8(13)5-6-11(9)16(15-10)12(14)17/h5-7H,2-4H2,1H3,(H2,14,17). The van der Waals surface area contributed by atoms with Gasteiger partial charge in [0.1, 0.15) is 0 Å². The molecule has 1 amide bonds. The van der Waals surface area contributed by atoms with Crippen molar-refractivity contribution in [2.75, 3.05) is 0 Å². The van der Waals surface area contributed by atoms with Gasteiger partial charge in [0, 0.05) is 10.4 Å². The summed E-state index contributed by atoms with van der Waals surface area (Å²) < 4.78 is 1.23. The monoisotopic (exact) mass is 251 g/mol. The molecule has 90 valence electrons. The third-order valence-corrected chi connectivity index (χ3v) is 2.93. The highest BCUT2D eigenvalue weighted by atomic mass is 35.5. The van der Waals surface area contributed by atoms with E-state index in [9.17, 15) is 4.79 Å². The van der Waals surface area contributed by atoms with Crippen molar-refractivity contribution in [1.29, 1.82) is 0 Å². The lowest BCUT2D eigenvalue weighted by molar-refractivity contribution is 0.248. The minimum absolute atomic E-state index is 0.569. The SMILES string of the molecule is CCCCc1nn(C(N)=O)c2ccc(Cl)cc12. The molecular weight excluding hydrogens is 238 g/mol. The molecule has 0 unspecified atom stereocenters. The average molecular weight is 252 g/mol. The first-order valence-electron chi connectivity index (χ1n) is 5.60. The Morgan fingerprint density at radius 1 is 1.53 bits per heavy atom. The maximum atomic E-state index is 11.3. The molecule has 2 rings (SSSR count). The summed E-state index contributed by atoms with van der Waals surface area (Å²) in [6, 6.07) is 4.76. The lowest BCUT2D eigenvalue weighted by Gasteiger charge is -1.96. The second-order valence-electron chi connectivity index (χ2n) is 3.96. The van der Waals surface area contributed by atoms with Crippen molar-refractivity contribution < 1.29 is 4.79 Å². The van der Waals surface area contributed by atoms with E-state index >= 15 is 0 Å². The molecule has 4 nitrogen and oxygen atoms in total. The zero-order valence-corrected chi connectivity index (χ0v) is 10.4. The van der Waals surface area contributed by atoms with Crippen LogP contribution in [0.3, 0.4) is 0 Å². The van der Waals surface area contributed by atoms with E-state index in [1.54, 1.807) is 12.1 Å². The lowest BCUT2D eigenvalue weighted by atomic mass is 10.1. The Morgan fingerprint density at radius 3 is 2.94 bits per heavy atom. The molecule has 17 heavy (non-hydrogen) atoms. The number of carbonyl (C=O) groups excluding carboxylic acids is 1. The molecule has 0 radical (unpaired) electrons. The molecule has 2 aromatic rings. The van der Waals surface area contributed by atoms with Crippen LogP contribution in [0.5, 0.6) is 0 Å². The molecule has 0 aliphatic rings. The quantitative estimate of drug-likeness (QED) is 0.912. The van der Waals surface area contributed by atoms with Gasteiger partial charge in [0.05, 0.1) is 11.2 Å². The summed E-state index contributed by atoms with van der Waals surface area (Å²) in [7, 11) is 0. The van der Waals surface area contributed by atoms with Crippen molar-refractivity contribution in [2.45, 2.75) is 26.2 Å². The fraction of sp³-hybridized carbons (Fsp3) is 0.333. The third kappa shape index (κ3) is 2.26. The van der Waals surface area contributed by atoms with Crippen LogP contribution in [0.15, 0.2) is 18.2 Å². The molecule has 0 fully saturated rings. The van der Waals surface area contributed by atoms with Crippen LogP contribution in [0.1, 0.15) is 25.5 Å². The molecule has 0 spiro atoms. The summed E-state index contributed by atoms with van der Waals surface area (Å²) in [6.45, 7) is 2.11. The number of benzene rings is 1. The van der Waals surface area contributed by atoms with Gasteiger partial charge in [-0.3, -0.25) is 0 Å². The first-order chi connectivity index (χ1) is 8.13. The maximum absolute atomic E-state index is 11.3. The Kier molecular flexibility index (Phi) is 3.33. The number of hydrogen-bond acceptors (Lipinski definition) is 2. The van der Waals surface area contributed by atoms with Crippen LogP contribution >= 0.6 is 11.6 Å². The van der Waals surface area contributed by atoms with Crippen LogP contribution in [0, 0.1) is 0 Å². The minimum atomic E-state index is -0.569. The smallest absolute Gasteiger partial charge is 0.340 e. The van der Waals surface area contributed by atoms with Crippen LogP contribution in [-0.2, 0) is 6.42 Å². The Hall–Kier alpha value is -1.55. The van der Waals surface area contributed by atoms with Crippen molar-refractivity contribution in [2.24, 2.45) is 5.73 Å². The minimum Gasteiger partial charge on any atom is -0.350 e. The Morgan fingerprint density at radius 2 is 2.29 bits per heavy atom. The van der Waals surface area contributed by atoms with E-state index in [-0.39, 0.29) is 0 Å². The van der Waals surface area contributed by atoms with Gasteiger partial charge in [0.25, 0.3) is 0 Å². The summed E-state index contributed by atoms with van der Waals surface area (Å²) in [5, 5.41) is 5.80. The third-order valence-electron chi connectivity index (χ3n) is 2.69. The number of nitrogens with zero attached hydrogens (tertiary/aromatic N) is 2. The molecule has 1 aromatic heterocycles. The lowest BCUT2D eigenvalue weighted by Crippen LogP contribution is -2.20. The predicted molar refractivity (Wildman–Crippen MR) is 68.3 cm³/mol. The van der Waals surface area contributed by atoms with Gasteiger partial charge in [0.15, 0.2) is 0 Å². The second kappa shape index (κ2) is 4.75. The molecule has 0 atom stereocenters. The van der Waals surface area contributed by atoms with Crippen LogP contribution in [0.25, 0.3) is 10.9 Å².